The number of nitrogens with one attached hydrogen (secondary N) is 1. The number of nitrogens with zero attached hydrogens (tertiary/aromatic N) is 2. The van der Waals surface area contributed by atoms with Crippen molar-refractivity contribution in [1.29, 1.82) is 0 Å². The molecule has 2 heterocycles. The Morgan fingerprint density at radius 3 is 2.42 bits per heavy atom. The van der Waals surface area contributed by atoms with Crippen LogP contribution >= 0.6 is 11.6 Å². The average Bonchev–Trinajstić information content (AvgIpc) is 3.21. The fourth-order valence-electron chi connectivity index (χ4n) is 4.01. The quantitative estimate of drug-likeness (QED) is 0.290. The van der Waals surface area contributed by atoms with Gasteiger partial charge in [-0.2, -0.15) is 0 Å². The molecular weight excluding hydrogens is 485 g/mol. The standard InChI is InChI=1S/C27H19ClFN3O4/c28-18-5-11-21(12-6-18)36-14-13-31-16-17(22-3-1-2-4-24(22)31)15-23-25(33)30-27(35)32(26(23)34)20-9-7-19(29)8-10-20/h1-12,15-16H,13-14H2,(H,30,33,35)/b23-15-. The van der Waals surface area contributed by atoms with E-state index in [2.05, 4.69) is 5.32 Å². The van der Waals surface area contributed by atoms with Crippen LogP contribution in [0.1, 0.15) is 5.56 Å². The van der Waals surface area contributed by atoms with E-state index in [1.807, 2.05) is 35.0 Å². The van der Waals surface area contributed by atoms with Gasteiger partial charge in [0.25, 0.3) is 11.8 Å². The lowest BCUT2D eigenvalue weighted by Crippen LogP contribution is -2.54. The molecule has 0 radical (unpaired) electrons. The average molecular weight is 504 g/mol. The van der Waals surface area contributed by atoms with E-state index in [-0.39, 0.29) is 11.3 Å². The molecule has 1 N–H and O–H groups in total. The molecular formula is C27H19ClFN3O4. The molecule has 180 valence electrons. The van der Waals surface area contributed by atoms with Crippen LogP contribution in [-0.2, 0) is 16.1 Å². The molecule has 3 aromatic carbocycles. The molecule has 0 aliphatic carbocycles. The van der Waals surface area contributed by atoms with Crippen LogP contribution in [0.5, 0.6) is 5.75 Å². The Morgan fingerprint density at radius 1 is 0.944 bits per heavy atom. The lowest BCUT2D eigenvalue weighted by molar-refractivity contribution is -0.122. The topological polar surface area (TPSA) is 80.6 Å². The number of rotatable bonds is 6. The number of urea groups is 1. The fraction of sp³-hybridized carbons (Fsp3) is 0.0741. The molecule has 4 amide bonds. The summed E-state index contributed by atoms with van der Waals surface area (Å²) < 4.78 is 21.1. The van der Waals surface area contributed by atoms with Crippen molar-refractivity contribution < 1.29 is 23.5 Å². The monoisotopic (exact) mass is 503 g/mol. The van der Waals surface area contributed by atoms with Crippen LogP contribution < -0.4 is 15.0 Å². The maximum Gasteiger partial charge on any atom is 0.335 e. The third-order valence-electron chi connectivity index (χ3n) is 5.72. The van der Waals surface area contributed by atoms with Crippen LogP contribution in [0.25, 0.3) is 17.0 Å². The Bertz CT molecular complexity index is 1510. The van der Waals surface area contributed by atoms with Gasteiger partial charge >= 0.3 is 6.03 Å². The molecule has 4 aromatic rings. The zero-order valence-electron chi connectivity index (χ0n) is 18.8. The number of carbonyl (C=O) groups is 3. The first-order valence-electron chi connectivity index (χ1n) is 11.0. The first-order chi connectivity index (χ1) is 17.4. The summed E-state index contributed by atoms with van der Waals surface area (Å²) in [6.07, 6.45) is 3.28. The lowest BCUT2D eigenvalue weighted by Gasteiger charge is -2.26. The maximum absolute atomic E-state index is 13.3. The minimum atomic E-state index is -0.893. The van der Waals surface area contributed by atoms with Crippen molar-refractivity contribution in [2.24, 2.45) is 0 Å². The number of fused-ring (bicyclic) bond motifs is 1. The first kappa shape index (κ1) is 23.3. The number of benzene rings is 3. The Kier molecular flexibility index (Phi) is 6.26. The van der Waals surface area contributed by atoms with Crippen molar-refractivity contribution >= 4 is 52.1 Å². The molecule has 0 bridgehead atoms. The van der Waals surface area contributed by atoms with E-state index in [1.54, 1.807) is 24.3 Å². The van der Waals surface area contributed by atoms with E-state index in [1.165, 1.54) is 18.2 Å². The molecule has 1 aliphatic heterocycles. The third-order valence-corrected chi connectivity index (χ3v) is 5.97. The molecule has 0 spiro atoms. The normalized spacial score (nSPS) is 15.0. The van der Waals surface area contributed by atoms with Gasteiger partial charge in [-0.15, -0.1) is 0 Å². The van der Waals surface area contributed by atoms with Crippen LogP contribution in [0, 0.1) is 5.82 Å². The highest BCUT2D eigenvalue weighted by molar-refractivity contribution is 6.39. The summed E-state index contributed by atoms with van der Waals surface area (Å²) in [5.74, 6) is -1.42. The molecule has 36 heavy (non-hydrogen) atoms. The minimum Gasteiger partial charge on any atom is -0.492 e. The predicted octanol–water partition coefficient (Wildman–Crippen LogP) is 5.18. The van der Waals surface area contributed by atoms with Crippen molar-refractivity contribution in [3.05, 3.63) is 101 Å². The van der Waals surface area contributed by atoms with Gasteiger partial charge in [-0.05, 0) is 60.7 Å². The number of ether oxygens (including phenoxy) is 1. The molecule has 1 aliphatic rings. The fourth-order valence-corrected chi connectivity index (χ4v) is 4.13. The van der Waals surface area contributed by atoms with E-state index in [0.29, 0.717) is 29.5 Å². The summed E-state index contributed by atoms with van der Waals surface area (Å²) in [6.45, 7) is 0.884. The highest BCUT2D eigenvalue weighted by atomic mass is 35.5. The van der Waals surface area contributed by atoms with Gasteiger partial charge < -0.3 is 9.30 Å². The van der Waals surface area contributed by atoms with Gasteiger partial charge in [-0.3, -0.25) is 14.9 Å². The van der Waals surface area contributed by atoms with Crippen molar-refractivity contribution in [3.63, 3.8) is 0 Å². The summed E-state index contributed by atoms with van der Waals surface area (Å²) in [4.78, 5) is 39.0. The summed E-state index contributed by atoms with van der Waals surface area (Å²) in [5.41, 5.74) is 1.46. The van der Waals surface area contributed by atoms with Crippen LogP contribution in [0.4, 0.5) is 14.9 Å². The van der Waals surface area contributed by atoms with Crippen molar-refractivity contribution in [2.75, 3.05) is 11.5 Å². The lowest BCUT2D eigenvalue weighted by atomic mass is 10.1. The molecule has 5 rings (SSSR count). The molecule has 1 saturated heterocycles. The maximum atomic E-state index is 13.3. The van der Waals surface area contributed by atoms with Gasteiger partial charge in [0, 0.05) is 27.7 Å². The number of imide groups is 2. The van der Waals surface area contributed by atoms with E-state index < -0.39 is 23.7 Å². The van der Waals surface area contributed by atoms with E-state index >= 15 is 0 Å². The first-order valence-corrected chi connectivity index (χ1v) is 11.4. The minimum absolute atomic E-state index is 0.152. The molecule has 0 atom stereocenters. The van der Waals surface area contributed by atoms with E-state index in [4.69, 9.17) is 16.3 Å². The molecule has 9 heteroatoms. The number of hydrogen-bond donors (Lipinski definition) is 1. The highest BCUT2D eigenvalue weighted by Crippen LogP contribution is 2.27. The zero-order valence-corrected chi connectivity index (χ0v) is 19.5. The second kappa shape index (κ2) is 9.67. The molecule has 7 nitrogen and oxygen atoms in total. The zero-order chi connectivity index (χ0) is 25.2. The van der Waals surface area contributed by atoms with Crippen LogP contribution in [0.2, 0.25) is 5.02 Å². The van der Waals surface area contributed by atoms with Crippen molar-refractivity contribution in [3.8, 4) is 5.75 Å². The van der Waals surface area contributed by atoms with Crippen LogP contribution in [-0.4, -0.2) is 29.0 Å². The molecule has 0 saturated carbocycles. The van der Waals surface area contributed by atoms with Crippen LogP contribution in [0.15, 0.2) is 84.6 Å². The van der Waals surface area contributed by atoms with Gasteiger partial charge in [-0.1, -0.05) is 29.8 Å². The molecule has 1 aromatic heterocycles. The molecule has 1 fully saturated rings. The smallest absolute Gasteiger partial charge is 0.335 e. The van der Waals surface area contributed by atoms with Crippen molar-refractivity contribution in [1.82, 2.24) is 9.88 Å². The van der Waals surface area contributed by atoms with Gasteiger partial charge in [0.15, 0.2) is 0 Å². The number of amides is 4. The highest BCUT2D eigenvalue weighted by Gasteiger charge is 2.37. The number of anilines is 1. The number of aromatic nitrogens is 1. The largest absolute Gasteiger partial charge is 0.492 e. The second-order valence-corrected chi connectivity index (χ2v) is 8.47. The Morgan fingerprint density at radius 2 is 1.67 bits per heavy atom. The Labute approximate surface area is 210 Å². The second-order valence-electron chi connectivity index (χ2n) is 8.03. The number of carbonyl (C=O) groups excluding carboxylic acids is 3. The SMILES string of the molecule is O=C1NC(=O)N(c2ccc(F)cc2)C(=O)/C1=C\c1cn(CCOc2ccc(Cl)cc2)c2ccccc12. The summed E-state index contributed by atoms with van der Waals surface area (Å²) >= 11 is 5.91. The summed E-state index contributed by atoms with van der Waals surface area (Å²) in [6, 6.07) is 18.6. The Balaban J connectivity index is 1.44. The van der Waals surface area contributed by atoms with E-state index in [9.17, 15) is 18.8 Å². The predicted molar refractivity (Wildman–Crippen MR) is 134 cm³/mol. The van der Waals surface area contributed by atoms with Gasteiger partial charge in [0.1, 0.15) is 23.7 Å². The van der Waals surface area contributed by atoms with Crippen molar-refractivity contribution in [2.45, 2.75) is 6.54 Å². The Hall–Kier alpha value is -4.43. The van der Waals surface area contributed by atoms with E-state index in [0.717, 1.165) is 27.9 Å². The number of hydrogen-bond acceptors (Lipinski definition) is 4. The third kappa shape index (κ3) is 4.58. The summed E-state index contributed by atoms with van der Waals surface area (Å²) in [7, 11) is 0. The van der Waals surface area contributed by atoms with Gasteiger partial charge in [0.2, 0.25) is 0 Å². The van der Waals surface area contributed by atoms with Gasteiger partial charge in [0.05, 0.1) is 12.2 Å². The molecule has 0 unspecified atom stereocenters. The number of barbiturate groups is 1. The number of halogens is 2. The van der Waals surface area contributed by atoms with Gasteiger partial charge in [-0.25, -0.2) is 14.1 Å². The van der Waals surface area contributed by atoms with Crippen LogP contribution in [0.3, 0.4) is 0 Å². The number of para-hydroxylation sites is 1. The summed E-state index contributed by atoms with van der Waals surface area (Å²) in [5, 5.41) is 3.63.